The van der Waals surface area contributed by atoms with Crippen LogP contribution in [0.5, 0.6) is 0 Å². The zero-order valence-electron chi connectivity index (χ0n) is 12.7. The molecular formula is C17H18N4O2. The molecule has 0 saturated carbocycles. The second-order valence-corrected chi connectivity index (χ2v) is 5.39. The number of rotatable bonds is 3. The van der Waals surface area contributed by atoms with Gasteiger partial charge in [-0.05, 0) is 19.3 Å². The first-order valence-corrected chi connectivity index (χ1v) is 7.66. The van der Waals surface area contributed by atoms with Crippen LogP contribution < -0.4 is 5.32 Å². The highest BCUT2D eigenvalue weighted by Gasteiger charge is 2.32. The first-order chi connectivity index (χ1) is 11.3. The van der Waals surface area contributed by atoms with Crippen LogP contribution in [0.25, 0.3) is 11.4 Å². The molecule has 1 aromatic carbocycles. The van der Waals surface area contributed by atoms with Crippen molar-refractivity contribution in [2.24, 2.45) is 0 Å². The fourth-order valence-corrected chi connectivity index (χ4v) is 2.73. The van der Waals surface area contributed by atoms with Crippen molar-refractivity contribution >= 4 is 6.03 Å². The normalized spacial score (nSPS) is 17.5. The summed E-state index contributed by atoms with van der Waals surface area (Å²) in [4.78, 5) is 18.4. The molecule has 1 N–H and O–H groups in total. The largest absolute Gasteiger partial charge is 0.337 e. The summed E-state index contributed by atoms with van der Waals surface area (Å²) in [5.74, 6) is 3.42. The van der Waals surface area contributed by atoms with E-state index in [1.807, 2.05) is 30.3 Å². The molecule has 2 amide bonds. The van der Waals surface area contributed by atoms with Crippen molar-refractivity contribution in [1.82, 2.24) is 20.4 Å². The first kappa shape index (κ1) is 15.1. The van der Waals surface area contributed by atoms with Gasteiger partial charge in [-0.25, -0.2) is 4.79 Å². The molecule has 1 atom stereocenters. The molecule has 1 aromatic heterocycles. The average molecular weight is 310 g/mol. The highest BCUT2D eigenvalue weighted by atomic mass is 16.5. The number of likely N-dealkylation sites (tertiary alicyclic amines) is 1. The molecule has 23 heavy (non-hydrogen) atoms. The molecule has 6 heteroatoms. The molecule has 1 aliphatic heterocycles. The van der Waals surface area contributed by atoms with Crippen LogP contribution in [0.2, 0.25) is 0 Å². The van der Waals surface area contributed by atoms with E-state index in [1.165, 1.54) is 0 Å². The van der Waals surface area contributed by atoms with Gasteiger partial charge < -0.3 is 14.7 Å². The summed E-state index contributed by atoms with van der Waals surface area (Å²) in [6.07, 6.45) is 7.98. The topological polar surface area (TPSA) is 71.3 Å². The molecule has 0 spiro atoms. The van der Waals surface area contributed by atoms with Crippen LogP contribution in [0, 0.1) is 12.3 Å². The van der Waals surface area contributed by atoms with Crippen LogP contribution in [0.3, 0.4) is 0 Å². The maximum Gasteiger partial charge on any atom is 0.318 e. The van der Waals surface area contributed by atoms with Crippen LogP contribution >= 0.6 is 0 Å². The van der Waals surface area contributed by atoms with Crippen LogP contribution in [0.4, 0.5) is 4.79 Å². The molecule has 2 aromatic rings. The van der Waals surface area contributed by atoms with Crippen molar-refractivity contribution in [3.8, 4) is 23.7 Å². The SMILES string of the molecule is C#CCNC(=O)N1CCCCC1c1nc(-c2ccccc2)no1. The molecule has 1 unspecified atom stereocenters. The number of carbonyl (C=O) groups is 1. The van der Waals surface area contributed by atoms with Crippen molar-refractivity contribution in [2.45, 2.75) is 25.3 Å². The lowest BCUT2D eigenvalue weighted by atomic mass is 10.0. The van der Waals surface area contributed by atoms with Gasteiger partial charge in [-0.1, -0.05) is 41.4 Å². The molecule has 2 heterocycles. The van der Waals surface area contributed by atoms with E-state index in [2.05, 4.69) is 21.4 Å². The number of terminal acetylenes is 1. The molecule has 0 radical (unpaired) electrons. The number of nitrogens with one attached hydrogen (secondary N) is 1. The van der Waals surface area contributed by atoms with Gasteiger partial charge in [0.2, 0.25) is 11.7 Å². The third kappa shape index (κ3) is 3.34. The number of carbonyl (C=O) groups excluding carboxylic acids is 1. The molecule has 0 aliphatic carbocycles. The first-order valence-electron chi connectivity index (χ1n) is 7.66. The monoisotopic (exact) mass is 310 g/mol. The molecule has 6 nitrogen and oxygen atoms in total. The van der Waals surface area contributed by atoms with Crippen LogP contribution in [0.15, 0.2) is 34.9 Å². The molecule has 1 fully saturated rings. The quantitative estimate of drug-likeness (QED) is 0.885. The van der Waals surface area contributed by atoms with E-state index < -0.39 is 0 Å². The highest BCUT2D eigenvalue weighted by Crippen LogP contribution is 2.31. The highest BCUT2D eigenvalue weighted by molar-refractivity contribution is 5.75. The predicted octanol–water partition coefficient (Wildman–Crippen LogP) is 2.61. The molecule has 118 valence electrons. The Hall–Kier alpha value is -2.81. The zero-order chi connectivity index (χ0) is 16.1. The summed E-state index contributed by atoms with van der Waals surface area (Å²) in [5, 5.41) is 6.74. The van der Waals surface area contributed by atoms with Gasteiger partial charge in [0.05, 0.1) is 6.54 Å². The summed E-state index contributed by atoms with van der Waals surface area (Å²) in [6, 6.07) is 9.23. The maximum atomic E-state index is 12.2. The molecular weight excluding hydrogens is 292 g/mol. The minimum Gasteiger partial charge on any atom is -0.337 e. The van der Waals surface area contributed by atoms with Gasteiger partial charge in [-0.2, -0.15) is 4.98 Å². The van der Waals surface area contributed by atoms with E-state index in [0.29, 0.717) is 18.3 Å². The van der Waals surface area contributed by atoms with E-state index in [4.69, 9.17) is 10.9 Å². The lowest BCUT2D eigenvalue weighted by molar-refractivity contribution is 0.133. The third-order valence-electron chi connectivity index (χ3n) is 3.86. The van der Waals surface area contributed by atoms with Crippen molar-refractivity contribution in [3.63, 3.8) is 0 Å². The van der Waals surface area contributed by atoms with Crippen LogP contribution in [0.1, 0.15) is 31.2 Å². The number of benzene rings is 1. The summed E-state index contributed by atoms with van der Waals surface area (Å²) < 4.78 is 5.42. The minimum absolute atomic E-state index is 0.188. The van der Waals surface area contributed by atoms with E-state index >= 15 is 0 Å². The number of aromatic nitrogens is 2. The van der Waals surface area contributed by atoms with Crippen molar-refractivity contribution in [1.29, 1.82) is 0 Å². The summed E-state index contributed by atoms with van der Waals surface area (Å²) in [6.45, 7) is 0.866. The Labute approximate surface area is 134 Å². The van der Waals surface area contributed by atoms with Crippen LogP contribution in [-0.2, 0) is 0 Å². The number of urea groups is 1. The fraction of sp³-hybridized carbons (Fsp3) is 0.353. The lowest BCUT2D eigenvalue weighted by Crippen LogP contribution is -2.44. The molecule has 0 bridgehead atoms. The van der Waals surface area contributed by atoms with Gasteiger partial charge in [0.15, 0.2) is 0 Å². The van der Waals surface area contributed by atoms with Gasteiger partial charge >= 0.3 is 6.03 Å². The fourth-order valence-electron chi connectivity index (χ4n) is 2.73. The Morgan fingerprint density at radius 3 is 3.00 bits per heavy atom. The van der Waals surface area contributed by atoms with E-state index in [1.54, 1.807) is 4.90 Å². The Morgan fingerprint density at radius 1 is 1.39 bits per heavy atom. The number of nitrogens with zero attached hydrogens (tertiary/aromatic N) is 3. The van der Waals surface area contributed by atoms with Crippen molar-refractivity contribution in [3.05, 3.63) is 36.2 Å². The van der Waals surface area contributed by atoms with Gasteiger partial charge in [-0.15, -0.1) is 6.42 Å². The lowest BCUT2D eigenvalue weighted by Gasteiger charge is -2.33. The molecule has 3 rings (SSSR count). The second kappa shape index (κ2) is 6.97. The van der Waals surface area contributed by atoms with Crippen LogP contribution in [-0.4, -0.2) is 34.2 Å². The minimum atomic E-state index is -0.202. The Kier molecular flexibility index (Phi) is 4.57. The Morgan fingerprint density at radius 2 is 2.22 bits per heavy atom. The summed E-state index contributed by atoms with van der Waals surface area (Å²) in [7, 11) is 0. The Balaban J connectivity index is 1.80. The number of piperidine rings is 1. The summed E-state index contributed by atoms with van der Waals surface area (Å²) >= 11 is 0. The van der Waals surface area contributed by atoms with E-state index in [9.17, 15) is 4.79 Å². The van der Waals surface area contributed by atoms with Gasteiger partial charge in [0, 0.05) is 12.1 Å². The molecule has 1 saturated heterocycles. The van der Waals surface area contributed by atoms with Gasteiger partial charge in [0.25, 0.3) is 0 Å². The standard InChI is InChI=1S/C17H18N4O2/c1-2-11-18-17(22)21-12-7-6-10-14(21)16-19-15(20-23-16)13-8-4-3-5-9-13/h1,3-5,8-9,14H,6-7,10-12H2,(H,18,22). The van der Waals surface area contributed by atoms with Gasteiger partial charge in [-0.3, -0.25) is 0 Å². The number of hydrogen-bond donors (Lipinski definition) is 1. The predicted molar refractivity (Wildman–Crippen MR) is 85.3 cm³/mol. The maximum absolute atomic E-state index is 12.2. The second-order valence-electron chi connectivity index (χ2n) is 5.39. The zero-order valence-corrected chi connectivity index (χ0v) is 12.7. The van der Waals surface area contributed by atoms with Crippen molar-refractivity contribution in [2.75, 3.05) is 13.1 Å². The molecule has 1 aliphatic rings. The average Bonchev–Trinajstić information content (AvgIpc) is 3.10. The van der Waals surface area contributed by atoms with Gasteiger partial charge in [0.1, 0.15) is 6.04 Å². The summed E-state index contributed by atoms with van der Waals surface area (Å²) in [5.41, 5.74) is 0.890. The smallest absolute Gasteiger partial charge is 0.318 e. The van der Waals surface area contributed by atoms with Crippen molar-refractivity contribution < 1.29 is 9.32 Å². The third-order valence-corrected chi connectivity index (χ3v) is 3.86. The van der Waals surface area contributed by atoms with E-state index in [-0.39, 0.29) is 18.6 Å². The Bertz CT molecular complexity index is 705. The van der Waals surface area contributed by atoms with E-state index in [0.717, 1.165) is 24.8 Å². The number of amides is 2. The number of hydrogen-bond acceptors (Lipinski definition) is 4.